The Balaban J connectivity index is 1.97. The van der Waals surface area contributed by atoms with Gasteiger partial charge in [-0.1, -0.05) is 37.1 Å². The summed E-state index contributed by atoms with van der Waals surface area (Å²) in [6.45, 7) is 2.13. The molecule has 0 radical (unpaired) electrons. The summed E-state index contributed by atoms with van der Waals surface area (Å²) in [5.74, 6) is -0.571. The summed E-state index contributed by atoms with van der Waals surface area (Å²) in [5, 5.41) is 0.448. The van der Waals surface area contributed by atoms with E-state index in [0.717, 1.165) is 42.0 Å². The van der Waals surface area contributed by atoms with Crippen LogP contribution in [0.5, 0.6) is 0 Å². The number of hydrogen-bond donors (Lipinski definition) is 0. The first-order chi connectivity index (χ1) is 12.4. The third kappa shape index (κ3) is 4.10. The molecule has 0 aromatic heterocycles. The Kier molecular flexibility index (Phi) is 5.68. The third-order valence-corrected chi connectivity index (χ3v) is 6.46. The summed E-state index contributed by atoms with van der Waals surface area (Å²) in [7, 11) is -3.98. The van der Waals surface area contributed by atoms with E-state index >= 15 is 0 Å². The molecule has 0 heterocycles. The molecule has 1 aliphatic rings. The van der Waals surface area contributed by atoms with Crippen LogP contribution >= 0.6 is 11.6 Å². The number of hydrogen-bond acceptors (Lipinski definition) is 3. The molecule has 2 aromatic carbocycles. The van der Waals surface area contributed by atoms with Crippen LogP contribution in [-0.4, -0.2) is 14.3 Å². The van der Waals surface area contributed by atoms with Crippen LogP contribution in [0.1, 0.15) is 38.2 Å². The summed E-state index contributed by atoms with van der Waals surface area (Å²) < 4.78 is 27.2. The minimum atomic E-state index is -3.98. The lowest BCUT2D eigenvalue weighted by Gasteiger charge is -2.23. The molecule has 0 atom stereocenters. The van der Waals surface area contributed by atoms with E-state index in [-0.39, 0.29) is 16.7 Å². The molecule has 1 fully saturated rings. The van der Waals surface area contributed by atoms with Gasteiger partial charge in [0.25, 0.3) is 10.0 Å². The SMILES string of the molecule is CCCCc1ccc(N(C(=O)C2CC2)S(=O)(=O)c2ccc(Cl)cc2)cc1. The van der Waals surface area contributed by atoms with E-state index in [1.807, 2.05) is 12.1 Å². The van der Waals surface area contributed by atoms with Crippen molar-refractivity contribution in [1.29, 1.82) is 0 Å². The van der Waals surface area contributed by atoms with Crippen LogP contribution in [0.2, 0.25) is 5.02 Å². The van der Waals surface area contributed by atoms with Crippen LogP contribution in [0.4, 0.5) is 5.69 Å². The summed E-state index contributed by atoms with van der Waals surface area (Å²) in [6.07, 6.45) is 4.59. The van der Waals surface area contributed by atoms with Gasteiger partial charge in [-0.3, -0.25) is 4.79 Å². The van der Waals surface area contributed by atoms with Crippen molar-refractivity contribution in [3.63, 3.8) is 0 Å². The number of halogens is 1. The number of carbonyl (C=O) groups excluding carboxylic acids is 1. The molecule has 26 heavy (non-hydrogen) atoms. The molecule has 138 valence electrons. The Labute approximate surface area is 159 Å². The van der Waals surface area contributed by atoms with Crippen molar-refractivity contribution in [3.8, 4) is 0 Å². The smallest absolute Gasteiger partial charge is 0.270 e. The normalized spacial score (nSPS) is 14.2. The predicted octanol–water partition coefficient (Wildman–Crippen LogP) is 4.81. The largest absolute Gasteiger partial charge is 0.273 e. The number of carbonyl (C=O) groups is 1. The van der Waals surface area contributed by atoms with Gasteiger partial charge in [-0.05, 0) is 67.6 Å². The Bertz CT molecular complexity index is 872. The van der Waals surface area contributed by atoms with Gasteiger partial charge in [-0.25, -0.2) is 12.7 Å². The number of nitrogens with zero attached hydrogens (tertiary/aromatic N) is 1. The zero-order valence-corrected chi connectivity index (χ0v) is 16.3. The number of benzene rings is 2. The molecule has 0 unspecified atom stereocenters. The standard InChI is InChI=1S/C20H22ClNO3S/c1-2-3-4-15-5-11-18(12-6-15)22(20(23)16-7-8-16)26(24,25)19-13-9-17(21)10-14-19/h5-6,9-14,16H,2-4,7-8H2,1H3. The molecule has 0 bridgehead atoms. The van der Waals surface area contributed by atoms with Crippen molar-refractivity contribution in [2.75, 3.05) is 4.31 Å². The summed E-state index contributed by atoms with van der Waals surface area (Å²) in [4.78, 5) is 12.8. The predicted molar refractivity (Wildman–Crippen MR) is 104 cm³/mol. The molecule has 1 saturated carbocycles. The third-order valence-electron chi connectivity index (χ3n) is 4.47. The second kappa shape index (κ2) is 7.80. The minimum Gasteiger partial charge on any atom is -0.273 e. The first kappa shape index (κ1) is 18.9. The van der Waals surface area contributed by atoms with Gasteiger partial charge in [-0.15, -0.1) is 0 Å². The highest BCUT2D eigenvalue weighted by Gasteiger charge is 2.40. The molecule has 6 heteroatoms. The van der Waals surface area contributed by atoms with Crippen molar-refractivity contribution in [2.24, 2.45) is 5.92 Å². The van der Waals surface area contributed by atoms with Crippen LogP contribution in [0.25, 0.3) is 0 Å². The number of anilines is 1. The second-order valence-corrected chi connectivity index (χ2v) is 8.83. The molecule has 4 nitrogen and oxygen atoms in total. The summed E-state index contributed by atoms with van der Waals surface area (Å²) in [5.41, 5.74) is 1.52. The molecule has 0 saturated heterocycles. The van der Waals surface area contributed by atoms with Gasteiger partial charge in [0.1, 0.15) is 0 Å². The number of aryl methyl sites for hydroxylation is 1. The molecular weight excluding hydrogens is 370 g/mol. The Morgan fingerprint density at radius 1 is 1.08 bits per heavy atom. The van der Waals surface area contributed by atoms with Gasteiger partial charge < -0.3 is 0 Å². The van der Waals surface area contributed by atoms with Crippen LogP contribution in [0.3, 0.4) is 0 Å². The van der Waals surface area contributed by atoms with E-state index in [4.69, 9.17) is 11.6 Å². The number of rotatable bonds is 7. The fraction of sp³-hybridized carbons (Fsp3) is 0.350. The zero-order chi connectivity index (χ0) is 18.7. The summed E-state index contributed by atoms with van der Waals surface area (Å²) >= 11 is 5.87. The van der Waals surface area contributed by atoms with Gasteiger partial charge in [0.15, 0.2) is 0 Å². The highest BCUT2D eigenvalue weighted by Crippen LogP contribution is 2.35. The Hall–Kier alpha value is -1.85. The number of amides is 1. The minimum absolute atomic E-state index is 0.0611. The average molecular weight is 392 g/mol. The maximum atomic E-state index is 13.1. The van der Waals surface area contributed by atoms with Gasteiger partial charge in [0.2, 0.25) is 5.91 Å². The lowest BCUT2D eigenvalue weighted by Crippen LogP contribution is -2.38. The van der Waals surface area contributed by atoms with Gasteiger partial charge in [0, 0.05) is 10.9 Å². The van der Waals surface area contributed by atoms with Crippen LogP contribution in [0.15, 0.2) is 53.4 Å². The van der Waals surface area contributed by atoms with Crippen molar-refractivity contribution in [3.05, 3.63) is 59.1 Å². The molecule has 0 spiro atoms. The molecule has 2 aromatic rings. The van der Waals surface area contributed by atoms with Crippen LogP contribution in [-0.2, 0) is 21.2 Å². The van der Waals surface area contributed by atoms with E-state index in [2.05, 4.69) is 6.92 Å². The van der Waals surface area contributed by atoms with Crippen molar-refractivity contribution < 1.29 is 13.2 Å². The lowest BCUT2D eigenvalue weighted by atomic mass is 10.1. The van der Waals surface area contributed by atoms with Crippen LogP contribution in [0, 0.1) is 5.92 Å². The van der Waals surface area contributed by atoms with Gasteiger partial charge in [0.05, 0.1) is 10.6 Å². The highest BCUT2D eigenvalue weighted by atomic mass is 35.5. The maximum absolute atomic E-state index is 13.1. The molecule has 3 rings (SSSR count). The Morgan fingerprint density at radius 3 is 2.23 bits per heavy atom. The monoisotopic (exact) mass is 391 g/mol. The van der Waals surface area contributed by atoms with Gasteiger partial charge in [-0.2, -0.15) is 0 Å². The molecule has 0 aliphatic heterocycles. The lowest BCUT2D eigenvalue weighted by molar-refractivity contribution is -0.118. The van der Waals surface area contributed by atoms with E-state index in [0.29, 0.717) is 10.7 Å². The van der Waals surface area contributed by atoms with Crippen molar-refractivity contribution >= 4 is 33.2 Å². The molecule has 1 amide bonds. The quantitative estimate of drug-likeness (QED) is 0.680. The second-order valence-electron chi connectivity index (χ2n) is 6.61. The molecule has 0 N–H and O–H groups in total. The van der Waals surface area contributed by atoms with Crippen molar-refractivity contribution in [2.45, 2.75) is 43.9 Å². The van der Waals surface area contributed by atoms with Crippen LogP contribution < -0.4 is 4.31 Å². The fourth-order valence-corrected chi connectivity index (χ4v) is 4.37. The average Bonchev–Trinajstić information content (AvgIpc) is 3.46. The van der Waals surface area contributed by atoms with Gasteiger partial charge >= 0.3 is 0 Å². The Morgan fingerprint density at radius 2 is 1.69 bits per heavy atom. The number of sulfonamides is 1. The first-order valence-corrected chi connectivity index (χ1v) is 10.7. The first-order valence-electron chi connectivity index (χ1n) is 8.87. The zero-order valence-electron chi connectivity index (χ0n) is 14.7. The van der Waals surface area contributed by atoms with E-state index in [1.54, 1.807) is 12.1 Å². The summed E-state index contributed by atoms with van der Waals surface area (Å²) in [6, 6.07) is 13.1. The number of unbranched alkanes of at least 4 members (excludes halogenated alkanes) is 1. The maximum Gasteiger partial charge on any atom is 0.270 e. The molecule has 1 aliphatic carbocycles. The van der Waals surface area contributed by atoms with Crippen molar-refractivity contribution in [1.82, 2.24) is 0 Å². The topological polar surface area (TPSA) is 54.5 Å². The van der Waals surface area contributed by atoms with E-state index in [1.165, 1.54) is 24.3 Å². The highest BCUT2D eigenvalue weighted by molar-refractivity contribution is 7.93. The van der Waals surface area contributed by atoms with E-state index in [9.17, 15) is 13.2 Å². The molecular formula is C20H22ClNO3S. The van der Waals surface area contributed by atoms with E-state index < -0.39 is 10.0 Å². The fourth-order valence-electron chi connectivity index (χ4n) is 2.77.